The number of anilines is 1. The number of nitrogens with zero attached hydrogens (tertiary/aromatic N) is 1. The fraction of sp³-hybridized carbons (Fsp3) is 0.167. The molecule has 1 aliphatic rings. The van der Waals surface area contributed by atoms with Crippen molar-refractivity contribution in [2.45, 2.75) is 12.8 Å². The molecule has 2 aromatic heterocycles. The molecular formula is C12H11N3O. The third-order valence-corrected chi connectivity index (χ3v) is 2.99. The van der Waals surface area contributed by atoms with Crippen LogP contribution in [-0.4, -0.2) is 9.97 Å². The molecule has 0 atom stereocenters. The summed E-state index contributed by atoms with van der Waals surface area (Å²) in [6.07, 6.45) is 5.38. The van der Waals surface area contributed by atoms with Crippen LogP contribution in [0.25, 0.3) is 11.1 Å². The second-order valence-electron chi connectivity index (χ2n) is 3.98. The van der Waals surface area contributed by atoms with Gasteiger partial charge >= 0.3 is 0 Å². The van der Waals surface area contributed by atoms with Crippen LogP contribution in [0.5, 0.6) is 0 Å². The number of hydrogen-bond acceptors (Lipinski definition) is 3. The summed E-state index contributed by atoms with van der Waals surface area (Å²) in [7, 11) is 0. The molecule has 3 N–H and O–H groups in total. The van der Waals surface area contributed by atoms with Crippen LogP contribution >= 0.6 is 0 Å². The van der Waals surface area contributed by atoms with Crippen molar-refractivity contribution in [2.24, 2.45) is 0 Å². The van der Waals surface area contributed by atoms with Gasteiger partial charge in [0, 0.05) is 23.7 Å². The molecule has 0 unspecified atom stereocenters. The van der Waals surface area contributed by atoms with Gasteiger partial charge in [-0.05, 0) is 36.1 Å². The lowest BCUT2D eigenvalue weighted by Gasteiger charge is -2.18. The lowest BCUT2D eigenvalue weighted by molar-refractivity contribution is 0.882. The molecule has 0 radical (unpaired) electrons. The van der Waals surface area contributed by atoms with Gasteiger partial charge in [-0.2, -0.15) is 0 Å². The molecule has 0 aromatic carbocycles. The van der Waals surface area contributed by atoms with Crippen molar-refractivity contribution < 1.29 is 0 Å². The number of nitrogens with one attached hydrogen (secondary N) is 1. The number of hydrogen-bond donors (Lipinski definition) is 2. The van der Waals surface area contributed by atoms with Crippen molar-refractivity contribution in [3.05, 3.63) is 46.1 Å². The summed E-state index contributed by atoms with van der Waals surface area (Å²) in [6.45, 7) is 0. The molecular weight excluding hydrogens is 202 g/mol. The largest absolute Gasteiger partial charge is 0.394 e. The third kappa shape index (κ3) is 1.23. The first-order valence-electron chi connectivity index (χ1n) is 5.20. The first-order valence-corrected chi connectivity index (χ1v) is 5.20. The van der Waals surface area contributed by atoms with Gasteiger partial charge in [-0.15, -0.1) is 0 Å². The number of rotatable bonds is 0. The van der Waals surface area contributed by atoms with Gasteiger partial charge in [0.25, 0.3) is 5.56 Å². The Morgan fingerprint density at radius 1 is 1.31 bits per heavy atom. The molecule has 0 saturated carbocycles. The zero-order valence-electron chi connectivity index (χ0n) is 8.66. The molecule has 0 fully saturated rings. The summed E-state index contributed by atoms with van der Waals surface area (Å²) in [5, 5.41) is 0. The number of fused-ring (bicyclic) bond motifs is 3. The molecule has 80 valence electrons. The van der Waals surface area contributed by atoms with Crippen molar-refractivity contribution >= 4 is 5.69 Å². The van der Waals surface area contributed by atoms with Gasteiger partial charge in [-0.3, -0.25) is 9.78 Å². The maximum Gasteiger partial charge on any atom is 0.271 e. The quantitative estimate of drug-likeness (QED) is 0.688. The minimum absolute atomic E-state index is 0.198. The molecule has 2 aromatic rings. The van der Waals surface area contributed by atoms with E-state index >= 15 is 0 Å². The molecule has 2 heterocycles. The molecule has 0 aliphatic heterocycles. The highest BCUT2D eigenvalue weighted by Gasteiger charge is 2.17. The molecule has 4 heteroatoms. The van der Waals surface area contributed by atoms with E-state index in [2.05, 4.69) is 9.97 Å². The second kappa shape index (κ2) is 3.20. The lowest BCUT2D eigenvalue weighted by Crippen LogP contribution is -2.17. The molecule has 0 spiro atoms. The third-order valence-electron chi connectivity index (χ3n) is 2.99. The van der Waals surface area contributed by atoms with Gasteiger partial charge in [-0.25, -0.2) is 0 Å². The van der Waals surface area contributed by atoms with Gasteiger partial charge < -0.3 is 10.7 Å². The smallest absolute Gasteiger partial charge is 0.271 e. The van der Waals surface area contributed by atoms with E-state index in [4.69, 9.17) is 5.73 Å². The Bertz CT molecular complexity index is 616. The van der Waals surface area contributed by atoms with Crippen LogP contribution in [0.4, 0.5) is 5.69 Å². The van der Waals surface area contributed by atoms with Crippen LogP contribution in [0.1, 0.15) is 11.3 Å². The molecule has 0 bridgehead atoms. The molecule has 0 amide bonds. The first kappa shape index (κ1) is 9.15. The summed E-state index contributed by atoms with van der Waals surface area (Å²) in [5.41, 5.74) is 10.0. The highest BCUT2D eigenvalue weighted by molar-refractivity contribution is 5.73. The fourth-order valence-corrected chi connectivity index (χ4v) is 2.17. The van der Waals surface area contributed by atoms with Crippen molar-refractivity contribution in [1.82, 2.24) is 9.97 Å². The monoisotopic (exact) mass is 213 g/mol. The summed E-state index contributed by atoms with van der Waals surface area (Å²) < 4.78 is 0. The van der Waals surface area contributed by atoms with Crippen LogP contribution in [0, 0.1) is 0 Å². The number of nitrogens with two attached hydrogens (primary N) is 1. The van der Waals surface area contributed by atoms with E-state index in [1.54, 1.807) is 12.3 Å². The average molecular weight is 213 g/mol. The van der Waals surface area contributed by atoms with Crippen molar-refractivity contribution in [1.29, 1.82) is 0 Å². The number of aryl methyl sites for hydroxylation is 2. The summed E-state index contributed by atoms with van der Waals surface area (Å²) >= 11 is 0. The fourth-order valence-electron chi connectivity index (χ4n) is 2.17. The summed E-state index contributed by atoms with van der Waals surface area (Å²) in [4.78, 5) is 18.4. The highest BCUT2D eigenvalue weighted by Crippen LogP contribution is 2.31. The highest BCUT2D eigenvalue weighted by atomic mass is 16.1. The van der Waals surface area contributed by atoms with Gasteiger partial charge in [0.1, 0.15) is 0 Å². The Hall–Kier alpha value is -2.10. The molecule has 0 saturated heterocycles. The van der Waals surface area contributed by atoms with Crippen LogP contribution in [0.15, 0.2) is 29.3 Å². The van der Waals surface area contributed by atoms with E-state index < -0.39 is 0 Å². The van der Waals surface area contributed by atoms with Crippen LogP contribution in [0.2, 0.25) is 0 Å². The minimum atomic E-state index is -0.198. The Kier molecular flexibility index (Phi) is 1.83. The predicted octanol–water partition coefficient (Wildman–Crippen LogP) is 1.12. The van der Waals surface area contributed by atoms with Gasteiger partial charge in [0.2, 0.25) is 0 Å². The van der Waals surface area contributed by atoms with E-state index in [1.165, 1.54) is 5.56 Å². The van der Waals surface area contributed by atoms with Gasteiger partial charge in [-0.1, -0.05) is 0 Å². The van der Waals surface area contributed by atoms with E-state index in [0.717, 1.165) is 29.7 Å². The number of pyridine rings is 2. The lowest BCUT2D eigenvalue weighted by atomic mass is 9.90. The van der Waals surface area contributed by atoms with Crippen LogP contribution in [0.3, 0.4) is 0 Å². The topological polar surface area (TPSA) is 71.8 Å². The van der Waals surface area contributed by atoms with Crippen LogP contribution < -0.4 is 11.3 Å². The summed E-state index contributed by atoms with van der Waals surface area (Å²) in [6, 6.07) is 3.72. The van der Waals surface area contributed by atoms with E-state index in [1.807, 2.05) is 12.3 Å². The normalized spacial score (nSPS) is 13.0. The maximum atomic E-state index is 11.4. The maximum absolute atomic E-state index is 11.4. The van der Waals surface area contributed by atoms with Crippen molar-refractivity contribution in [2.75, 3.05) is 5.73 Å². The first-order chi connectivity index (χ1) is 7.75. The number of nitrogen functional groups attached to an aromatic ring is 1. The minimum Gasteiger partial charge on any atom is -0.394 e. The zero-order chi connectivity index (χ0) is 11.1. The Balaban J connectivity index is 2.32. The van der Waals surface area contributed by atoms with Crippen molar-refractivity contribution in [3.63, 3.8) is 0 Å². The Morgan fingerprint density at radius 2 is 2.19 bits per heavy atom. The predicted molar refractivity (Wildman–Crippen MR) is 62.1 cm³/mol. The zero-order valence-corrected chi connectivity index (χ0v) is 8.66. The second-order valence-corrected chi connectivity index (χ2v) is 3.98. The standard InChI is InChI=1S/C12H11N3O/c13-10-5-9-8-3-4-14-6-7(8)1-2-11(9)15-12(10)16/h3-6H,1-2,13H2,(H,15,16). The Labute approximate surface area is 92.2 Å². The van der Waals surface area contributed by atoms with Gasteiger partial charge in [0.05, 0.1) is 5.69 Å². The molecule has 1 aliphatic carbocycles. The number of aromatic nitrogens is 2. The van der Waals surface area contributed by atoms with E-state index in [-0.39, 0.29) is 11.2 Å². The Morgan fingerprint density at radius 3 is 3.06 bits per heavy atom. The van der Waals surface area contributed by atoms with E-state index in [0.29, 0.717) is 0 Å². The van der Waals surface area contributed by atoms with E-state index in [9.17, 15) is 4.79 Å². The number of aromatic amines is 1. The molecule has 16 heavy (non-hydrogen) atoms. The SMILES string of the molecule is Nc1cc2c([nH]c1=O)CCc1cnccc1-2. The molecule has 4 nitrogen and oxygen atoms in total. The average Bonchev–Trinajstić information content (AvgIpc) is 2.31. The van der Waals surface area contributed by atoms with Gasteiger partial charge in [0.15, 0.2) is 0 Å². The summed E-state index contributed by atoms with van der Waals surface area (Å²) in [5.74, 6) is 0. The van der Waals surface area contributed by atoms with Crippen molar-refractivity contribution in [3.8, 4) is 11.1 Å². The van der Waals surface area contributed by atoms with Crippen LogP contribution in [-0.2, 0) is 12.8 Å². The molecule has 3 rings (SSSR count). The number of H-pyrrole nitrogens is 1.